The Morgan fingerprint density at radius 3 is 2.62 bits per heavy atom. The van der Waals surface area contributed by atoms with Gasteiger partial charge in [0, 0.05) is 24.5 Å². The van der Waals surface area contributed by atoms with Gasteiger partial charge in [0.05, 0.1) is 5.69 Å². The molecule has 2 aromatic heterocycles. The second-order valence-corrected chi connectivity index (χ2v) is 3.84. The van der Waals surface area contributed by atoms with Crippen molar-refractivity contribution < 1.29 is 0 Å². The molecule has 0 saturated carbocycles. The van der Waals surface area contributed by atoms with E-state index in [-0.39, 0.29) is 5.28 Å². The Balaban J connectivity index is 2.14. The molecule has 0 aliphatic rings. The molecule has 0 unspecified atom stereocenters. The Kier molecular flexibility index (Phi) is 3.47. The van der Waals surface area contributed by atoms with E-state index in [4.69, 9.17) is 11.6 Å². The number of rotatable bonds is 3. The lowest BCUT2D eigenvalue weighted by Crippen LogP contribution is -1.96. The molecule has 2 heterocycles. The van der Waals surface area contributed by atoms with E-state index in [0.29, 0.717) is 6.42 Å². The zero-order valence-corrected chi connectivity index (χ0v) is 9.78. The van der Waals surface area contributed by atoms with Crippen molar-refractivity contribution in [3.8, 4) is 0 Å². The molecule has 3 nitrogen and oxygen atoms in total. The lowest BCUT2D eigenvalue weighted by atomic mass is 10.1. The standard InChI is InChI=1S/C12H12ClN3/c1-2-9-3-4-10(15-8-9)7-11-5-6-14-12(13)16-11/h3-6,8H,2,7H2,1H3. The quantitative estimate of drug-likeness (QED) is 0.766. The monoisotopic (exact) mass is 233 g/mol. The minimum Gasteiger partial charge on any atom is -0.261 e. The number of aryl methyl sites for hydroxylation is 1. The Morgan fingerprint density at radius 1 is 1.12 bits per heavy atom. The molecule has 0 aliphatic heterocycles. The van der Waals surface area contributed by atoms with E-state index >= 15 is 0 Å². The second-order valence-electron chi connectivity index (χ2n) is 3.51. The van der Waals surface area contributed by atoms with Gasteiger partial charge in [-0.2, -0.15) is 0 Å². The van der Waals surface area contributed by atoms with Crippen LogP contribution in [-0.2, 0) is 12.8 Å². The average molecular weight is 234 g/mol. The van der Waals surface area contributed by atoms with Crippen molar-refractivity contribution in [1.29, 1.82) is 0 Å². The summed E-state index contributed by atoms with van der Waals surface area (Å²) < 4.78 is 0. The molecule has 0 fully saturated rings. The third kappa shape index (κ3) is 2.76. The maximum absolute atomic E-state index is 5.72. The molecular formula is C12H12ClN3. The van der Waals surface area contributed by atoms with Crippen molar-refractivity contribution in [3.63, 3.8) is 0 Å². The van der Waals surface area contributed by atoms with Crippen molar-refractivity contribution in [1.82, 2.24) is 15.0 Å². The maximum Gasteiger partial charge on any atom is 0.222 e. The molecule has 0 amide bonds. The van der Waals surface area contributed by atoms with Crippen molar-refractivity contribution in [2.24, 2.45) is 0 Å². The zero-order valence-electron chi connectivity index (χ0n) is 9.02. The number of halogens is 1. The highest BCUT2D eigenvalue weighted by molar-refractivity contribution is 6.28. The molecule has 0 bridgehead atoms. The topological polar surface area (TPSA) is 38.7 Å². The lowest BCUT2D eigenvalue weighted by molar-refractivity contribution is 0.973. The first kappa shape index (κ1) is 11.0. The Labute approximate surface area is 99.5 Å². The van der Waals surface area contributed by atoms with Crippen LogP contribution in [-0.4, -0.2) is 15.0 Å². The van der Waals surface area contributed by atoms with Gasteiger partial charge in [-0.3, -0.25) is 4.98 Å². The number of hydrogen-bond acceptors (Lipinski definition) is 3. The van der Waals surface area contributed by atoms with E-state index in [2.05, 4.69) is 27.9 Å². The molecule has 82 valence electrons. The van der Waals surface area contributed by atoms with Crippen LogP contribution < -0.4 is 0 Å². The average Bonchev–Trinajstić information content (AvgIpc) is 2.30. The number of nitrogens with zero attached hydrogens (tertiary/aromatic N) is 3. The first-order chi connectivity index (χ1) is 7.78. The van der Waals surface area contributed by atoms with Crippen LogP contribution in [0.15, 0.2) is 30.6 Å². The summed E-state index contributed by atoms with van der Waals surface area (Å²) in [6.07, 6.45) is 5.25. The van der Waals surface area contributed by atoms with Gasteiger partial charge in [0.15, 0.2) is 0 Å². The summed E-state index contributed by atoms with van der Waals surface area (Å²) in [6, 6.07) is 5.96. The van der Waals surface area contributed by atoms with E-state index in [1.165, 1.54) is 5.56 Å². The van der Waals surface area contributed by atoms with Crippen LogP contribution in [0.3, 0.4) is 0 Å². The molecular weight excluding hydrogens is 222 g/mol. The summed E-state index contributed by atoms with van der Waals surface area (Å²) in [5.74, 6) is 0. The van der Waals surface area contributed by atoms with Crippen molar-refractivity contribution in [2.45, 2.75) is 19.8 Å². The molecule has 0 atom stereocenters. The minimum atomic E-state index is 0.280. The van der Waals surface area contributed by atoms with E-state index in [0.717, 1.165) is 17.8 Å². The third-order valence-electron chi connectivity index (χ3n) is 2.34. The van der Waals surface area contributed by atoms with Crippen molar-refractivity contribution in [3.05, 3.63) is 52.8 Å². The summed E-state index contributed by atoms with van der Waals surface area (Å²) in [5, 5.41) is 0.280. The highest BCUT2D eigenvalue weighted by Gasteiger charge is 2.00. The molecule has 0 aromatic carbocycles. The van der Waals surface area contributed by atoms with Gasteiger partial charge in [-0.1, -0.05) is 13.0 Å². The Hall–Kier alpha value is -1.48. The molecule has 0 spiro atoms. The van der Waals surface area contributed by atoms with Gasteiger partial charge >= 0.3 is 0 Å². The molecule has 0 saturated heterocycles. The fourth-order valence-electron chi connectivity index (χ4n) is 1.42. The molecule has 2 aromatic rings. The Morgan fingerprint density at radius 2 is 2.00 bits per heavy atom. The summed E-state index contributed by atoms with van der Waals surface area (Å²) in [7, 11) is 0. The van der Waals surface area contributed by atoms with Crippen LogP contribution in [0.5, 0.6) is 0 Å². The number of hydrogen-bond donors (Lipinski definition) is 0. The molecule has 0 aliphatic carbocycles. The maximum atomic E-state index is 5.72. The predicted octanol–water partition coefficient (Wildman–Crippen LogP) is 2.68. The molecule has 0 N–H and O–H groups in total. The van der Waals surface area contributed by atoms with Crippen LogP contribution in [0, 0.1) is 0 Å². The van der Waals surface area contributed by atoms with E-state index in [1.54, 1.807) is 6.20 Å². The number of aromatic nitrogens is 3. The largest absolute Gasteiger partial charge is 0.261 e. The third-order valence-corrected chi connectivity index (χ3v) is 2.52. The van der Waals surface area contributed by atoms with Gasteiger partial charge in [-0.25, -0.2) is 9.97 Å². The highest BCUT2D eigenvalue weighted by atomic mass is 35.5. The van der Waals surface area contributed by atoms with Crippen LogP contribution >= 0.6 is 11.6 Å². The van der Waals surface area contributed by atoms with Gasteiger partial charge in [-0.15, -0.1) is 0 Å². The van der Waals surface area contributed by atoms with Gasteiger partial charge < -0.3 is 0 Å². The van der Waals surface area contributed by atoms with Gasteiger partial charge in [0.25, 0.3) is 0 Å². The van der Waals surface area contributed by atoms with Crippen LogP contribution in [0.2, 0.25) is 5.28 Å². The fraction of sp³-hybridized carbons (Fsp3) is 0.250. The number of pyridine rings is 1. The summed E-state index contributed by atoms with van der Waals surface area (Å²) in [6.45, 7) is 2.11. The van der Waals surface area contributed by atoms with E-state index in [1.807, 2.05) is 18.3 Å². The van der Waals surface area contributed by atoms with E-state index in [9.17, 15) is 0 Å². The summed E-state index contributed by atoms with van der Waals surface area (Å²) in [4.78, 5) is 12.3. The van der Waals surface area contributed by atoms with Crippen LogP contribution in [0.4, 0.5) is 0 Å². The van der Waals surface area contributed by atoms with Gasteiger partial charge in [0.1, 0.15) is 0 Å². The summed E-state index contributed by atoms with van der Waals surface area (Å²) >= 11 is 5.72. The van der Waals surface area contributed by atoms with Gasteiger partial charge in [-0.05, 0) is 35.7 Å². The van der Waals surface area contributed by atoms with Crippen LogP contribution in [0.25, 0.3) is 0 Å². The first-order valence-electron chi connectivity index (χ1n) is 5.19. The fourth-order valence-corrected chi connectivity index (χ4v) is 1.59. The van der Waals surface area contributed by atoms with Crippen LogP contribution in [0.1, 0.15) is 23.9 Å². The SMILES string of the molecule is CCc1ccc(Cc2ccnc(Cl)n2)nc1. The van der Waals surface area contributed by atoms with Gasteiger partial charge in [0.2, 0.25) is 5.28 Å². The van der Waals surface area contributed by atoms with Crippen molar-refractivity contribution >= 4 is 11.6 Å². The smallest absolute Gasteiger partial charge is 0.222 e. The zero-order chi connectivity index (χ0) is 11.4. The first-order valence-corrected chi connectivity index (χ1v) is 5.57. The molecule has 2 rings (SSSR count). The summed E-state index contributed by atoms with van der Waals surface area (Å²) in [5.41, 5.74) is 3.12. The molecule has 4 heteroatoms. The molecule has 16 heavy (non-hydrogen) atoms. The van der Waals surface area contributed by atoms with E-state index < -0.39 is 0 Å². The second kappa shape index (κ2) is 5.03. The van der Waals surface area contributed by atoms with Crippen molar-refractivity contribution in [2.75, 3.05) is 0 Å². The highest BCUT2D eigenvalue weighted by Crippen LogP contribution is 2.08. The lowest BCUT2D eigenvalue weighted by Gasteiger charge is -2.01. The predicted molar refractivity (Wildman–Crippen MR) is 63.5 cm³/mol. The normalized spacial score (nSPS) is 10.4. The minimum absolute atomic E-state index is 0.280. The molecule has 0 radical (unpaired) electrons. The Bertz CT molecular complexity index is 468.